The Morgan fingerprint density at radius 1 is 1.00 bits per heavy atom. The highest BCUT2D eigenvalue weighted by molar-refractivity contribution is 7.87. The number of esters is 2. The molecule has 3 fully saturated rings. The second-order valence-corrected chi connectivity index (χ2v) is 11.2. The molecule has 0 aromatic heterocycles. The summed E-state index contributed by atoms with van der Waals surface area (Å²) in [5, 5.41) is 2.32. The van der Waals surface area contributed by atoms with Gasteiger partial charge in [-0.2, -0.15) is 21.6 Å². The first-order valence-corrected chi connectivity index (χ1v) is 13.7. The number of benzene rings is 1. The van der Waals surface area contributed by atoms with Crippen LogP contribution in [0.4, 0.5) is 13.2 Å². The van der Waals surface area contributed by atoms with Gasteiger partial charge in [-0.3, -0.25) is 13.8 Å². The Morgan fingerprint density at radius 2 is 1.59 bits per heavy atom. The van der Waals surface area contributed by atoms with Gasteiger partial charge in [-0.25, -0.2) is 4.79 Å². The van der Waals surface area contributed by atoms with Crippen molar-refractivity contribution in [1.29, 1.82) is 0 Å². The summed E-state index contributed by atoms with van der Waals surface area (Å²) in [6.45, 7) is 2.11. The zero-order valence-corrected chi connectivity index (χ0v) is 21.8. The van der Waals surface area contributed by atoms with Crippen LogP contribution in [-0.4, -0.2) is 68.0 Å². The van der Waals surface area contributed by atoms with Gasteiger partial charge in [0, 0.05) is 32.3 Å². The van der Waals surface area contributed by atoms with E-state index >= 15 is 0 Å². The fourth-order valence-electron chi connectivity index (χ4n) is 5.18. The maximum Gasteiger partial charge on any atom is 0.523 e. The Hall–Kier alpha value is -2.75. The summed E-state index contributed by atoms with van der Waals surface area (Å²) in [5.41, 5.74) is -5.53. The molecule has 2 aliphatic carbocycles. The molecule has 0 unspecified atom stereocenters. The monoisotopic (exact) mass is 579 g/mol. The Labute approximate surface area is 222 Å². The lowest BCUT2D eigenvalue weighted by Gasteiger charge is -2.36. The van der Waals surface area contributed by atoms with Crippen LogP contribution < -0.4 is 5.32 Å². The van der Waals surface area contributed by atoms with Gasteiger partial charge in [-0.15, -0.1) is 0 Å². The van der Waals surface area contributed by atoms with E-state index in [2.05, 4.69) is 9.50 Å². The zero-order valence-electron chi connectivity index (χ0n) is 21.0. The summed E-state index contributed by atoms with van der Waals surface area (Å²) < 4.78 is 91.4. The van der Waals surface area contributed by atoms with E-state index in [1.54, 1.807) is 18.2 Å². The van der Waals surface area contributed by atoms with Crippen molar-refractivity contribution < 1.29 is 59.1 Å². The van der Waals surface area contributed by atoms with E-state index in [0.717, 1.165) is 20.3 Å². The molecule has 4 rings (SSSR count). The third-order valence-corrected chi connectivity index (χ3v) is 7.78. The van der Waals surface area contributed by atoms with Crippen LogP contribution in [0.25, 0.3) is 0 Å². The standard InChI is InChI=1S/C24H28F3NO10S/c1-13(29)28-16-18(35-22(31)17(34-14(2)30)15-9-5-3-6-10-15)20-21(19(16)38-39(32,33)24(25,26)27)37-23(36-20)11-7-4-8-12-23/h3,5-6,9-10,16-21H,4,7-8,11-12H2,1-2H3,(H,28,29)/t16-,17-,18+,19-,20+,21-/m1/s1. The third kappa shape index (κ3) is 6.21. The summed E-state index contributed by atoms with van der Waals surface area (Å²) in [6, 6.07) is 6.18. The molecule has 2 saturated carbocycles. The third-order valence-electron chi connectivity index (χ3n) is 6.74. The first kappa shape index (κ1) is 29.2. The van der Waals surface area contributed by atoms with Crippen LogP contribution in [0.15, 0.2) is 30.3 Å². The zero-order chi connectivity index (χ0) is 28.6. The first-order valence-electron chi connectivity index (χ1n) is 12.3. The van der Waals surface area contributed by atoms with Crippen molar-refractivity contribution >= 4 is 28.0 Å². The average Bonchev–Trinajstić information content (AvgIpc) is 3.31. The number of rotatable bonds is 7. The SMILES string of the molecule is CC(=O)N[C@H]1[C@@H](OS(=O)(=O)C(F)(F)F)[C@H]2OC3(CCCCC3)O[C@H]2[C@H]1OC(=O)[C@H](OC(C)=O)c1ccccc1. The second kappa shape index (κ2) is 11.0. The van der Waals surface area contributed by atoms with Gasteiger partial charge in [0.25, 0.3) is 0 Å². The molecule has 0 radical (unpaired) electrons. The number of carbonyl (C=O) groups is 3. The topological polar surface area (TPSA) is 144 Å². The number of alkyl halides is 3. The smallest absolute Gasteiger partial charge is 0.454 e. The van der Waals surface area contributed by atoms with Gasteiger partial charge in [0.05, 0.1) is 6.04 Å². The number of fused-ring (bicyclic) bond motifs is 1. The lowest BCUT2D eigenvalue weighted by molar-refractivity contribution is -0.219. The van der Waals surface area contributed by atoms with Crippen molar-refractivity contribution in [3.63, 3.8) is 0 Å². The fraction of sp³-hybridized carbons (Fsp3) is 0.625. The van der Waals surface area contributed by atoms with Gasteiger partial charge in [0.1, 0.15) is 18.3 Å². The molecule has 1 heterocycles. The van der Waals surface area contributed by atoms with Crippen LogP contribution in [0.5, 0.6) is 0 Å². The normalized spacial score (nSPS) is 28.9. The number of amides is 1. The van der Waals surface area contributed by atoms with E-state index in [0.29, 0.717) is 25.7 Å². The van der Waals surface area contributed by atoms with E-state index < -0.39 is 75.8 Å². The summed E-state index contributed by atoms with van der Waals surface area (Å²) in [4.78, 5) is 37.1. The number of carbonyl (C=O) groups excluding carboxylic acids is 3. The molecule has 39 heavy (non-hydrogen) atoms. The minimum atomic E-state index is -6.15. The van der Waals surface area contributed by atoms with Crippen molar-refractivity contribution in [1.82, 2.24) is 5.32 Å². The van der Waals surface area contributed by atoms with Gasteiger partial charge in [-0.05, 0) is 12.8 Å². The van der Waals surface area contributed by atoms with Crippen molar-refractivity contribution in [2.45, 2.75) is 93.8 Å². The molecule has 1 saturated heterocycles. The maximum atomic E-state index is 13.3. The second-order valence-electron chi connectivity index (χ2n) is 9.62. The van der Waals surface area contributed by atoms with Crippen molar-refractivity contribution in [2.75, 3.05) is 0 Å². The van der Waals surface area contributed by atoms with Crippen LogP contribution >= 0.6 is 0 Å². The fourth-order valence-corrected chi connectivity index (χ4v) is 5.82. The predicted octanol–water partition coefficient (Wildman–Crippen LogP) is 2.40. The quantitative estimate of drug-likeness (QED) is 0.291. The number of ether oxygens (including phenoxy) is 4. The highest BCUT2D eigenvalue weighted by Gasteiger charge is 2.66. The van der Waals surface area contributed by atoms with Gasteiger partial charge in [0.15, 0.2) is 11.9 Å². The minimum absolute atomic E-state index is 0.239. The molecule has 1 amide bonds. The van der Waals surface area contributed by atoms with E-state index in [4.69, 9.17) is 18.9 Å². The molecule has 1 aromatic rings. The molecule has 0 bridgehead atoms. The molecular formula is C24H28F3NO10S. The van der Waals surface area contributed by atoms with E-state index in [-0.39, 0.29) is 5.56 Å². The molecule has 6 atom stereocenters. The van der Waals surface area contributed by atoms with Gasteiger partial charge in [-0.1, -0.05) is 36.8 Å². The van der Waals surface area contributed by atoms with Crippen LogP contribution in [0.1, 0.15) is 57.6 Å². The van der Waals surface area contributed by atoms with E-state index in [9.17, 15) is 36.0 Å². The molecule has 216 valence electrons. The highest BCUT2D eigenvalue weighted by Crippen LogP contribution is 2.48. The van der Waals surface area contributed by atoms with Gasteiger partial charge < -0.3 is 24.3 Å². The van der Waals surface area contributed by atoms with Crippen molar-refractivity contribution in [2.24, 2.45) is 0 Å². The summed E-state index contributed by atoms with van der Waals surface area (Å²) >= 11 is 0. The van der Waals surface area contributed by atoms with Crippen molar-refractivity contribution in [3.8, 4) is 0 Å². The number of nitrogens with one attached hydrogen (secondary N) is 1. The molecular weight excluding hydrogens is 551 g/mol. The summed E-state index contributed by atoms with van der Waals surface area (Å²) in [6.07, 6.45) is -4.87. The summed E-state index contributed by atoms with van der Waals surface area (Å²) in [5.74, 6) is -3.96. The van der Waals surface area contributed by atoms with Crippen LogP contribution in [0, 0.1) is 0 Å². The molecule has 15 heteroatoms. The average molecular weight is 580 g/mol. The lowest BCUT2D eigenvalue weighted by Crippen LogP contribution is -2.53. The number of hydrogen-bond donors (Lipinski definition) is 1. The first-order chi connectivity index (χ1) is 18.2. The Kier molecular flexibility index (Phi) is 8.26. The van der Waals surface area contributed by atoms with Gasteiger partial charge in [0.2, 0.25) is 12.0 Å². The number of hydrogen-bond acceptors (Lipinski definition) is 10. The van der Waals surface area contributed by atoms with Crippen LogP contribution in [-0.2, 0) is 47.6 Å². The molecule has 1 N–H and O–H groups in total. The molecule has 1 aliphatic heterocycles. The Balaban J connectivity index is 1.71. The number of halogens is 3. The Bertz CT molecular complexity index is 1190. The van der Waals surface area contributed by atoms with E-state index in [1.807, 2.05) is 0 Å². The van der Waals surface area contributed by atoms with Crippen LogP contribution in [0.2, 0.25) is 0 Å². The largest absolute Gasteiger partial charge is 0.523 e. The highest BCUT2D eigenvalue weighted by atomic mass is 32.2. The lowest BCUT2D eigenvalue weighted by atomic mass is 9.94. The predicted molar refractivity (Wildman–Crippen MR) is 124 cm³/mol. The van der Waals surface area contributed by atoms with Gasteiger partial charge >= 0.3 is 27.6 Å². The molecule has 1 spiro atoms. The van der Waals surface area contributed by atoms with Crippen LogP contribution in [0.3, 0.4) is 0 Å². The molecule has 1 aromatic carbocycles. The summed E-state index contributed by atoms with van der Waals surface area (Å²) in [7, 11) is -6.15. The minimum Gasteiger partial charge on any atom is -0.454 e. The van der Waals surface area contributed by atoms with Crippen molar-refractivity contribution in [3.05, 3.63) is 35.9 Å². The maximum absolute atomic E-state index is 13.3. The molecule has 3 aliphatic rings. The van der Waals surface area contributed by atoms with E-state index in [1.165, 1.54) is 12.1 Å². The Morgan fingerprint density at radius 3 is 2.13 bits per heavy atom. The molecule has 11 nitrogen and oxygen atoms in total.